The van der Waals surface area contributed by atoms with Gasteiger partial charge in [0, 0.05) is 11.6 Å². The van der Waals surface area contributed by atoms with Gasteiger partial charge in [0.25, 0.3) is 5.95 Å². The van der Waals surface area contributed by atoms with Gasteiger partial charge in [-0.3, -0.25) is 4.57 Å². The lowest BCUT2D eigenvalue weighted by atomic mass is 10.0. The zero-order valence-corrected chi connectivity index (χ0v) is 17.3. The Morgan fingerprint density at radius 2 is 1.90 bits per heavy atom. The van der Waals surface area contributed by atoms with Gasteiger partial charge < -0.3 is 4.90 Å². The maximum Gasteiger partial charge on any atom is 0.254 e. The van der Waals surface area contributed by atoms with Crippen LogP contribution in [0, 0.1) is 0 Å². The molecule has 2 aliphatic rings. The van der Waals surface area contributed by atoms with E-state index in [1.165, 1.54) is 25.7 Å². The summed E-state index contributed by atoms with van der Waals surface area (Å²) in [6, 6.07) is 10.6. The van der Waals surface area contributed by atoms with Crippen molar-refractivity contribution in [2.75, 3.05) is 4.90 Å². The third-order valence-corrected chi connectivity index (χ3v) is 6.32. The van der Waals surface area contributed by atoms with Crippen molar-refractivity contribution < 1.29 is 0 Å². The molecular weight excluding hydrogens is 390 g/mol. The van der Waals surface area contributed by atoms with Gasteiger partial charge in [0.1, 0.15) is 18.3 Å². The number of fused-ring (bicyclic) bond motifs is 3. The van der Waals surface area contributed by atoms with Gasteiger partial charge in [0.05, 0.1) is 12.2 Å². The van der Waals surface area contributed by atoms with Crippen molar-refractivity contribution in [3.8, 4) is 23.0 Å². The van der Waals surface area contributed by atoms with Crippen LogP contribution in [0.15, 0.2) is 49.2 Å². The lowest BCUT2D eigenvalue weighted by Gasteiger charge is -2.40. The van der Waals surface area contributed by atoms with Crippen molar-refractivity contribution in [2.24, 2.45) is 0 Å². The largest absolute Gasteiger partial charge is 0.341 e. The smallest absolute Gasteiger partial charge is 0.254 e. The second-order valence-electron chi connectivity index (χ2n) is 8.07. The van der Waals surface area contributed by atoms with E-state index in [0.717, 1.165) is 35.1 Å². The molecular formula is C22H23N9. The van der Waals surface area contributed by atoms with Gasteiger partial charge >= 0.3 is 0 Å². The number of rotatable bonds is 4. The molecule has 9 nitrogen and oxygen atoms in total. The molecule has 0 N–H and O–H groups in total. The Morgan fingerprint density at radius 3 is 2.71 bits per heavy atom. The number of anilines is 1. The van der Waals surface area contributed by atoms with Crippen LogP contribution in [-0.4, -0.2) is 45.5 Å². The van der Waals surface area contributed by atoms with Crippen molar-refractivity contribution in [1.82, 2.24) is 39.5 Å². The highest BCUT2D eigenvalue weighted by molar-refractivity contribution is 5.63. The van der Waals surface area contributed by atoms with Gasteiger partial charge in [-0.2, -0.15) is 14.8 Å². The number of nitrogens with zero attached hydrogens (tertiary/aromatic N) is 9. The molecule has 1 atom stereocenters. The normalized spacial score (nSPS) is 18.2. The fourth-order valence-corrected chi connectivity index (χ4v) is 4.91. The molecule has 4 heterocycles. The highest BCUT2D eigenvalue weighted by atomic mass is 15.4. The van der Waals surface area contributed by atoms with Gasteiger partial charge in [-0.05, 0) is 19.3 Å². The first-order chi connectivity index (χ1) is 15.3. The minimum absolute atomic E-state index is 0.144. The molecule has 1 aliphatic heterocycles. The van der Waals surface area contributed by atoms with E-state index in [2.05, 4.69) is 37.1 Å². The van der Waals surface area contributed by atoms with Crippen LogP contribution in [0.5, 0.6) is 0 Å². The summed E-state index contributed by atoms with van der Waals surface area (Å²) in [4.78, 5) is 16.6. The molecule has 4 aromatic rings. The van der Waals surface area contributed by atoms with Crippen molar-refractivity contribution in [1.29, 1.82) is 0 Å². The molecule has 0 bridgehead atoms. The molecule has 0 saturated heterocycles. The van der Waals surface area contributed by atoms with E-state index in [0.29, 0.717) is 12.0 Å². The predicted molar refractivity (Wildman–Crippen MR) is 115 cm³/mol. The third kappa shape index (κ3) is 2.83. The van der Waals surface area contributed by atoms with Crippen LogP contribution in [0.2, 0.25) is 0 Å². The van der Waals surface area contributed by atoms with Crippen LogP contribution in [0.3, 0.4) is 0 Å². The monoisotopic (exact) mass is 413 g/mol. The van der Waals surface area contributed by atoms with E-state index in [4.69, 9.17) is 4.98 Å². The summed E-state index contributed by atoms with van der Waals surface area (Å²) in [6.07, 6.45) is 10.9. The Bertz CT molecular complexity index is 1210. The number of hydrogen-bond donors (Lipinski definition) is 0. The van der Waals surface area contributed by atoms with Crippen molar-refractivity contribution in [3.63, 3.8) is 0 Å². The molecule has 0 unspecified atom stereocenters. The maximum absolute atomic E-state index is 5.04. The average Bonchev–Trinajstić information content (AvgIpc) is 3.59. The third-order valence-electron chi connectivity index (χ3n) is 6.32. The molecule has 3 aromatic heterocycles. The number of aromatic nitrogens is 8. The summed E-state index contributed by atoms with van der Waals surface area (Å²) in [7, 11) is 0. The average molecular weight is 413 g/mol. The number of benzene rings is 1. The standard InChI is InChI=1S/C22H23N9/c1-2-17-21-28-25-14-29(21)18-12-23-22(27-20(18)30(17)16-10-6-7-11-16)31-19(24-13-26-31)15-8-4-3-5-9-15/h3-5,8-9,12-14,16-17H,2,6-7,10-11H2,1H3/t17-/m1/s1. The zero-order valence-electron chi connectivity index (χ0n) is 17.3. The lowest BCUT2D eigenvalue weighted by Crippen LogP contribution is -2.42. The van der Waals surface area contributed by atoms with Crippen molar-refractivity contribution in [2.45, 2.75) is 51.1 Å². The summed E-state index contributed by atoms with van der Waals surface area (Å²) in [5.41, 5.74) is 1.89. The first-order valence-corrected chi connectivity index (χ1v) is 10.9. The van der Waals surface area contributed by atoms with Crippen molar-refractivity contribution in [3.05, 3.63) is 55.0 Å². The molecule has 6 rings (SSSR count). The second kappa shape index (κ2) is 7.26. The fraction of sp³-hybridized carbons (Fsp3) is 0.364. The Labute approximate surface area is 179 Å². The van der Waals surface area contributed by atoms with E-state index < -0.39 is 0 Å². The fourth-order valence-electron chi connectivity index (χ4n) is 4.91. The Kier molecular flexibility index (Phi) is 4.26. The SMILES string of the molecule is CC[C@@H]1c2nncn2-c2cnc(-n3ncnc3-c3ccccc3)nc2N1C1CCCC1. The minimum Gasteiger partial charge on any atom is -0.341 e. The summed E-state index contributed by atoms with van der Waals surface area (Å²) in [5, 5.41) is 13.1. The van der Waals surface area contributed by atoms with E-state index >= 15 is 0 Å². The molecule has 0 radical (unpaired) electrons. The first kappa shape index (κ1) is 18.2. The zero-order chi connectivity index (χ0) is 20.8. The predicted octanol–water partition coefficient (Wildman–Crippen LogP) is 3.52. The van der Waals surface area contributed by atoms with E-state index in [1.807, 2.05) is 41.1 Å². The molecule has 1 aromatic carbocycles. The van der Waals surface area contributed by atoms with Crippen LogP contribution in [0.25, 0.3) is 23.0 Å². The molecule has 1 aliphatic carbocycles. The Hall–Kier alpha value is -3.62. The van der Waals surface area contributed by atoms with Crippen LogP contribution >= 0.6 is 0 Å². The molecule has 0 amide bonds. The van der Waals surface area contributed by atoms with Crippen molar-refractivity contribution >= 4 is 5.82 Å². The van der Waals surface area contributed by atoms with Gasteiger partial charge in [-0.1, -0.05) is 50.1 Å². The van der Waals surface area contributed by atoms with Crippen LogP contribution < -0.4 is 4.90 Å². The van der Waals surface area contributed by atoms with Gasteiger partial charge in [-0.15, -0.1) is 10.2 Å². The molecule has 1 saturated carbocycles. The van der Waals surface area contributed by atoms with E-state index in [-0.39, 0.29) is 6.04 Å². The minimum atomic E-state index is 0.144. The number of hydrogen-bond acceptors (Lipinski definition) is 7. The topological polar surface area (TPSA) is 90.4 Å². The molecule has 31 heavy (non-hydrogen) atoms. The lowest BCUT2D eigenvalue weighted by molar-refractivity contribution is 0.468. The molecule has 1 fully saturated rings. The molecule has 0 spiro atoms. The maximum atomic E-state index is 5.04. The van der Waals surface area contributed by atoms with E-state index in [9.17, 15) is 0 Å². The molecule has 9 heteroatoms. The van der Waals surface area contributed by atoms with Gasteiger partial charge in [0.2, 0.25) is 0 Å². The first-order valence-electron chi connectivity index (χ1n) is 10.9. The van der Waals surface area contributed by atoms with E-state index in [1.54, 1.807) is 17.3 Å². The Morgan fingerprint density at radius 1 is 1.06 bits per heavy atom. The summed E-state index contributed by atoms with van der Waals surface area (Å²) in [6.45, 7) is 2.20. The highest BCUT2D eigenvalue weighted by Gasteiger charge is 2.38. The second-order valence-corrected chi connectivity index (χ2v) is 8.07. The van der Waals surface area contributed by atoms with Crippen LogP contribution in [-0.2, 0) is 0 Å². The molecule has 156 valence electrons. The Balaban J connectivity index is 1.51. The highest BCUT2D eigenvalue weighted by Crippen LogP contribution is 2.42. The van der Waals surface area contributed by atoms with Crippen LogP contribution in [0.1, 0.15) is 50.9 Å². The quantitative estimate of drug-likeness (QED) is 0.505. The summed E-state index contributed by atoms with van der Waals surface area (Å²) >= 11 is 0. The summed E-state index contributed by atoms with van der Waals surface area (Å²) < 4.78 is 3.74. The van der Waals surface area contributed by atoms with Gasteiger partial charge in [0.15, 0.2) is 17.5 Å². The van der Waals surface area contributed by atoms with Crippen LogP contribution in [0.4, 0.5) is 5.82 Å². The van der Waals surface area contributed by atoms with Gasteiger partial charge in [-0.25, -0.2) is 9.97 Å². The summed E-state index contributed by atoms with van der Waals surface area (Å²) in [5.74, 6) is 3.12.